The Morgan fingerprint density at radius 3 is 2.25 bits per heavy atom. The summed E-state index contributed by atoms with van der Waals surface area (Å²) in [7, 11) is 0. The van der Waals surface area contributed by atoms with Crippen LogP contribution in [0, 0.1) is 0 Å². The number of hydrogen-bond donors (Lipinski definition) is 1. The molecule has 2 aliphatic rings. The summed E-state index contributed by atoms with van der Waals surface area (Å²) in [6.07, 6.45) is 8.53. The molecule has 0 saturated carbocycles. The Morgan fingerprint density at radius 1 is 0.583 bits per heavy atom. The number of hydrogen-bond acceptors (Lipinski definition) is 3. The topological polar surface area (TPSA) is 42.5 Å². The number of fused-ring (bicyclic) bond motifs is 7. The van der Waals surface area contributed by atoms with E-state index in [4.69, 9.17) is 9.41 Å². The van der Waals surface area contributed by atoms with E-state index < -0.39 is 0 Å². The molecule has 0 bridgehead atoms. The Labute approximate surface area is 277 Å². The second kappa shape index (κ2) is 10.6. The molecular weight excluding hydrogens is 587 g/mol. The Kier molecular flexibility index (Phi) is 5.90. The minimum atomic E-state index is 0.0374. The van der Waals surface area contributed by atoms with Gasteiger partial charge in [0.05, 0.1) is 22.8 Å². The van der Waals surface area contributed by atoms with E-state index in [2.05, 4.69) is 168 Å². The monoisotopic (exact) mass is 615 g/mol. The van der Waals surface area contributed by atoms with Gasteiger partial charge in [0.25, 0.3) is 0 Å². The quantitative estimate of drug-likeness (QED) is 0.214. The van der Waals surface area contributed by atoms with Gasteiger partial charge in [-0.05, 0) is 47.5 Å². The summed E-state index contributed by atoms with van der Waals surface area (Å²) < 4.78 is 8.96. The molecule has 0 amide bonds. The molecule has 1 atom stereocenters. The molecule has 0 spiro atoms. The third-order valence-corrected chi connectivity index (χ3v) is 9.64. The Balaban J connectivity index is 1.14. The van der Waals surface area contributed by atoms with Gasteiger partial charge in [0.2, 0.25) is 0 Å². The lowest BCUT2D eigenvalue weighted by Crippen LogP contribution is -2.39. The van der Waals surface area contributed by atoms with Crippen LogP contribution in [0.2, 0.25) is 0 Å². The van der Waals surface area contributed by atoms with Crippen molar-refractivity contribution in [3.05, 3.63) is 181 Å². The zero-order valence-electron chi connectivity index (χ0n) is 26.0. The van der Waals surface area contributed by atoms with Crippen molar-refractivity contribution in [3.63, 3.8) is 0 Å². The molecule has 2 aromatic heterocycles. The highest BCUT2D eigenvalue weighted by Crippen LogP contribution is 2.39. The largest absolute Gasteiger partial charge is 0.456 e. The van der Waals surface area contributed by atoms with Crippen LogP contribution in [-0.2, 0) is 0 Å². The molecule has 6 aromatic carbocycles. The SMILES string of the molecule is C1=CC2=C(c3ccccc3)N=C(c3cccc4oc5cc(-n6c7ccccc7c7cc(-c8ccccc8)ccc76)ccc5c34)NC2C=C1. The first kappa shape index (κ1) is 26.8. The number of aliphatic imine (C=N–C) groups is 1. The van der Waals surface area contributed by atoms with Crippen molar-refractivity contribution in [2.75, 3.05) is 0 Å². The maximum atomic E-state index is 6.61. The van der Waals surface area contributed by atoms with Crippen molar-refractivity contribution in [1.29, 1.82) is 0 Å². The van der Waals surface area contributed by atoms with E-state index in [1.807, 2.05) is 6.07 Å². The van der Waals surface area contributed by atoms with Crippen LogP contribution in [0.15, 0.2) is 179 Å². The first-order chi connectivity index (χ1) is 23.8. The van der Waals surface area contributed by atoms with E-state index in [0.717, 1.165) is 50.3 Å². The molecule has 226 valence electrons. The zero-order valence-corrected chi connectivity index (χ0v) is 26.0. The van der Waals surface area contributed by atoms with Crippen LogP contribution in [0.1, 0.15) is 11.1 Å². The molecule has 0 fully saturated rings. The zero-order chi connectivity index (χ0) is 31.6. The number of nitrogens with one attached hydrogen (secondary N) is 1. The second-order valence-corrected chi connectivity index (χ2v) is 12.4. The van der Waals surface area contributed by atoms with Gasteiger partial charge >= 0.3 is 0 Å². The van der Waals surface area contributed by atoms with Crippen molar-refractivity contribution in [3.8, 4) is 16.8 Å². The fraction of sp³-hybridized carbons (Fsp3) is 0.0227. The van der Waals surface area contributed by atoms with Gasteiger partial charge in [-0.3, -0.25) is 0 Å². The van der Waals surface area contributed by atoms with Crippen LogP contribution < -0.4 is 5.32 Å². The molecule has 8 aromatic rings. The predicted octanol–water partition coefficient (Wildman–Crippen LogP) is 10.6. The molecular formula is C44H29N3O. The fourth-order valence-electron chi connectivity index (χ4n) is 7.43. The van der Waals surface area contributed by atoms with Crippen molar-refractivity contribution in [2.45, 2.75) is 6.04 Å². The maximum Gasteiger partial charge on any atom is 0.137 e. The van der Waals surface area contributed by atoms with Crippen LogP contribution in [0.5, 0.6) is 0 Å². The molecule has 0 radical (unpaired) electrons. The van der Waals surface area contributed by atoms with Crippen molar-refractivity contribution in [1.82, 2.24) is 9.88 Å². The summed E-state index contributed by atoms with van der Waals surface area (Å²) in [6.45, 7) is 0. The van der Waals surface area contributed by atoms with Gasteiger partial charge in [-0.25, -0.2) is 4.99 Å². The van der Waals surface area contributed by atoms with Gasteiger partial charge in [-0.1, -0.05) is 121 Å². The van der Waals surface area contributed by atoms with E-state index in [0.29, 0.717) is 0 Å². The predicted molar refractivity (Wildman–Crippen MR) is 199 cm³/mol. The smallest absolute Gasteiger partial charge is 0.137 e. The number of benzene rings is 6. The van der Waals surface area contributed by atoms with Gasteiger partial charge in [0.1, 0.15) is 17.0 Å². The molecule has 1 N–H and O–H groups in total. The number of aromatic nitrogens is 1. The summed E-state index contributed by atoms with van der Waals surface area (Å²) in [5, 5.41) is 8.30. The van der Waals surface area contributed by atoms with E-state index in [9.17, 15) is 0 Å². The van der Waals surface area contributed by atoms with Gasteiger partial charge in [0, 0.05) is 50.0 Å². The van der Waals surface area contributed by atoms with Gasteiger partial charge in [-0.2, -0.15) is 0 Å². The molecule has 1 unspecified atom stereocenters. The highest BCUT2D eigenvalue weighted by Gasteiger charge is 2.26. The maximum absolute atomic E-state index is 6.61. The van der Waals surface area contributed by atoms with Crippen LogP contribution in [0.25, 0.3) is 66.3 Å². The number of nitrogens with zero attached hydrogens (tertiary/aromatic N) is 2. The first-order valence-corrected chi connectivity index (χ1v) is 16.3. The lowest BCUT2D eigenvalue weighted by Gasteiger charge is -2.28. The van der Waals surface area contributed by atoms with Gasteiger partial charge < -0.3 is 14.3 Å². The van der Waals surface area contributed by atoms with Crippen LogP contribution in [0.3, 0.4) is 0 Å². The third kappa shape index (κ3) is 4.13. The molecule has 4 nitrogen and oxygen atoms in total. The van der Waals surface area contributed by atoms with E-state index in [1.54, 1.807) is 0 Å². The Bertz CT molecular complexity index is 2690. The molecule has 48 heavy (non-hydrogen) atoms. The van der Waals surface area contributed by atoms with Crippen molar-refractivity contribution >= 4 is 55.3 Å². The fourth-order valence-corrected chi connectivity index (χ4v) is 7.43. The second-order valence-electron chi connectivity index (χ2n) is 12.4. The van der Waals surface area contributed by atoms with Crippen molar-refractivity contribution in [2.24, 2.45) is 4.99 Å². The molecule has 1 aliphatic heterocycles. The highest BCUT2D eigenvalue weighted by molar-refractivity contribution is 6.20. The van der Waals surface area contributed by atoms with Crippen LogP contribution >= 0.6 is 0 Å². The van der Waals surface area contributed by atoms with Gasteiger partial charge in [-0.15, -0.1) is 0 Å². The lowest BCUT2D eigenvalue weighted by molar-refractivity contribution is 0.668. The molecule has 4 heteroatoms. The Hall–Kier alpha value is -6.39. The van der Waals surface area contributed by atoms with E-state index >= 15 is 0 Å². The lowest BCUT2D eigenvalue weighted by atomic mass is 9.93. The number of amidine groups is 1. The summed E-state index contributed by atoms with van der Waals surface area (Å²) in [5.41, 5.74) is 11.8. The summed E-state index contributed by atoms with van der Waals surface area (Å²) >= 11 is 0. The molecule has 10 rings (SSSR count). The number of rotatable bonds is 4. The number of para-hydroxylation sites is 1. The number of allylic oxidation sites excluding steroid dienone is 2. The molecule has 0 saturated heterocycles. The highest BCUT2D eigenvalue weighted by atomic mass is 16.3. The summed E-state index contributed by atoms with van der Waals surface area (Å²) in [6, 6.07) is 49.3. The summed E-state index contributed by atoms with van der Waals surface area (Å²) in [5.74, 6) is 0.844. The minimum absolute atomic E-state index is 0.0374. The third-order valence-electron chi connectivity index (χ3n) is 9.64. The normalized spacial score (nSPS) is 15.8. The number of furan rings is 1. The summed E-state index contributed by atoms with van der Waals surface area (Å²) in [4.78, 5) is 5.25. The molecule has 3 heterocycles. The van der Waals surface area contributed by atoms with Crippen molar-refractivity contribution < 1.29 is 4.42 Å². The minimum Gasteiger partial charge on any atom is -0.456 e. The standard InChI is InChI=1S/C44H29N3O/c1-3-12-28(13-4-1)30-22-25-39-36(26-30)32-16-8-10-20-38(32)47(39)31-23-24-34-41(27-31)48-40-21-11-18-35(42(34)40)44-45-37-19-9-7-17-33(37)43(46-44)29-14-5-2-6-15-29/h1-27,37H,(H,45,46). The average Bonchev–Trinajstić information content (AvgIpc) is 3.70. The van der Waals surface area contributed by atoms with E-state index in [-0.39, 0.29) is 6.04 Å². The van der Waals surface area contributed by atoms with Crippen LogP contribution in [0.4, 0.5) is 0 Å². The van der Waals surface area contributed by atoms with Crippen LogP contribution in [-0.4, -0.2) is 16.4 Å². The molecule has 1 aliphatic carbocycles. The average molecular weight is 616 g/mol. The van der Waals surface area contributed by atoms with E-state index in [1.165, 1.54) is 38.5 Å². The Morgan fingerprint density at radius 2 is 1.38 bits per heavy atom. The first-order valence-electron chi connectivity index (χ1n) is 16.3. The van der Waals surface area contributed by atoms with Gasteiger partial charge in [0.15, 0.2) is 0 Å².